The number of urea groups is 1. The molecule has 4 bridgehead atoms. The van der Waals surface area contributed by atoms with Crippen molar-refractivity contribution in [2.75, 3.05) is 11.9 Å². The smallest absolute Gasteiger partial charge is 0.319 e. The molecule has 0 spiro atoms. The first-order valence-corrected chi connectivity index (χ1v) is 10.4. The number of nitrogens with one attached hydrogen (secondary N) is 2. The quantitative estimate of drug-likeness (QED) is 0.715. The standard InChI is InChI=1S/C18H24N2O4S/c21-17(20-15-1-3-16(4-2-15)25(22,23)24)19-11-18-8-12-5-13(9-18)7-14(6-12)10-18/h1-4,12-14H,5-11H2,(H2,19,20,21)(H,22,23,24). The van der Waals surface area contributed by atoms with Gasteiger partial charge in [-0.15, -0.1) is 0 Å². The maximum absolute atomic E-state index is 12.2. The molecule has 6 nitrogen and oxygen atoms in total. The molecule has 4 saturated carbocycles. The van der Waals surface area contributed by atoms with Gasteiger partial charge in [-0.05, 0) is 86.0 Å². The van der Waals surface area contributed by atoms with Gasteiger partial charge in [0.05, 0.1) is 4.90 Å². The molecule has 2 amide bonds. The minimum absolute atomic E-state index is 0.188. The highest BCUT2D eigenvalue weighted by molar-refractivity contribution is 7.85. The summed E-state index contributed by atoms with van der Waals surface area (Å²) in [5, 5.41) is 5.74. The number of anilines is 1. The predicted octanol–water partition coefficient (Wildman–Crippen LogP) is 3.27. The normalized spacial score (nSPS) is 33.2. The number of hydrogen-bond donors (Lipinski definition) is 3. The summed E-state index contributed by atoms with van der Waals surface area (Å²) in [7, 11) is -4.21. The van der Waals surface area contributed by atoms with Crippen LogP contribution in [0, 0.1) is 23.2 Å². The number of hydrogen-bond acceptors (Lipinski definition) is 3. The molecular weight excluding hydrogens is 340 g/mol. The molecule has 0 unspecified atom stereocenters. The van der Waals surface area contributed by atoms with E-state index in [9.17, 15) is 13.2 Å². The Balaban J connectivity index is 1.34. The van der Waals surface area contributed by atoms with Crippen LogP contribution in [-0.4, -0.2) is 25.5 Å². The highest BCUT2D eigenvalue weighted by atomic mass is 32.2. The van der Waals surface area contributed by atoms with Crippen LogP contribution in [0.1, 0.15) is 38.5 Å². The molecule has 0 saturated heterocycles. The van der Waals surface area contributed by atoms with E-state index in [1.54, 1.807) is 0 Å². The summed E-state index contributed by atoms with van der Waals surface area (Å²) in [5.74, 6) is 2.55. The lowest BCUT2D eigenvalue weighted by atomic mass is 9.49. The van der Waals surface area contributed by atoms with Crippen molar-refractivity contribution in [3.8, 4) is 0 Å². The number of carbonyl (C=O) groups excluding carboxylic acids is 1. The van der Waals surface area contributed by atoms with Crippen LogP contribution >= 0.6 is 0 Å². The molecule has 1 aromatic carbocycles. The summed E-state index contributed by atoms with van der Waals surface area (Å²) >= 11 is 0. The average Bonchev–Trinajstić information content (AvgIpc) is 2.51. The zero-order valence-corrected chi connectivity index (χ0v) is 14.9. The van der Waals surface area contributed by atoms with Gasteiger partial charge in [0, 0.05) is 12.2 Å². The van der Waals surface area contributed by atoms with Crippen LogP contribution in [0.4, 0.5) is 10.5 Å². The third kappa shape index (κ3) is 3.53. The van der Waals surface area contributed by atoms with E-state index in [0.29, 0.717) is 12.2 Å². The highest BCUT2D eigenvalue weighted by Crippen LogP contribution is 2.59. The topological polar surface area (TPSA) is 95.5 Å². The van der Waals surface area contributed by atoms with Gasteiger partial charge in [0.2, 0.25) is 0 Å². The molecule has 0 atom stereocenters. The summed E-state index contributed by atoms with van der Waals surface area (Å²) in [6, 6.07) is 5.20. The van der Waals surface area contributed by atoms with Gasteiger partial charge >= 0.3 is 6.03 Å². The molecule has 1 aromatic rings. The van der Waals surface area contributed by atoms with E-state index in [4.69, 9.17) is 4.55 Å². The van der Waals surface area contributed by atoms with Gasteiger partial charge in [0.25, 0.3) is 10.1 Å². The Morgan fingerprint density at radius 3 is 2.04 bits per heavy atom. The zero-order valence-electron chi connectivity index (χ0n) is 14.1. The Labute approximate surface area is 148 Å². The van der Waals surface area contributed by atoms with E-state index in [0.717, 1.165) is 17.8 Å². The van der Waals surface area contributed by atoms with E-state index in [1.165, 1.54) is 62.8 Å². The van der Waals surface area contributed by atoms with Crippen molar-refractivity contribution in [3.05, 3.63) is 24.3 Å². The van der Waals surface area contributed by atoms with E-state index in [-0.39, 0.29) is 16.3 Å². The van der Waals surface area contributed by atoms with Crippen molar-refractivity contribution in [3.63, 3.8) is 0 Å². The van der Waals surface area contributed by atoms with Gasteiger partial charge in [0.1, 0.15) is 0 Å². The zero-order chi connectivity index (χ0) is 17.7. The maximum atomic E-state index is 12.2. The molecule has 4 aliphatic rings. The fraction of sp³-hybridized carbons (Fsp3) is 0.611. The third-order valence-electron chi connectivity index (χ3n) is 6.20. The molecule has 0 heterocycles. The van der Waals surface area contributed by atoms with Gasteiger partial charge in [-0.25, -0.2) is 4.79 Å². The van der Waals surface area contributed by atoms with Crippen LogP contribution in [-0.2, 0) is 10.1 Å². The second-order valence-corrected chi connectivity index (χ2v) is 9.65. The Hall–Kier alpha value is -1.60. The maximum Gasteiger partial charge on any atom is 0.319 e. The van der Waals surface area contributed by atoms with E-state index in [2.05, 4.69) is 10.6 Å². The summed E-state index contributed by atoms with van der Waals surface area (Å²) in [5.41, 5.74) is 0.774. The summed E-state index contributed by atoms with van der Waals surface area (Å²) in [4.78, 5) is 12.0. The second-order valence-electron chi connectivity index (χ2n) is 8.22. The van der Waals surface area contributed by atoms with E-state index < -0.39 is 10.1 Å². The molecule has 0 aromatic heterocycles. The van der Waals surface area contributed by atoms with Gasteiger partial charge in [-0.1, -0.05) is 0 Å². The van der Waals surface area contributed by atoms with Crippen molar-refractivity contribution >= 4 is 21.8 Å². The van der Waals surface area contributed by atoms with E-state index >= 15 is 0 Å². The third-order valence-corrected chi connectivity index (χ3v) is 7.07. The first-order chi connectivity index (χ1) is 11.8. The molecular formula is C18H24N2O4S. The van der Waals surface area contributed by atoms with Crippen molar-refractivity contribution in [1.82, 2.24) is 5.32 Å². The van der Waals surface area contributed by atoms with Crippen LogP contribution in [0.3, 0.4) is 0 Å². The van der Waals surface area contributed by atoms with Crippen LogP contribution < -0.4 is 10.6 Å². The summed E-state index contributed by atoms with van der Waals surface area (Å²) in [6.07, 6.45) is 7.86. The Bertz CT molecular complexity index is 737. The van der Waals surface area contributed by atoms with Gasteiger partial charge in [-0.3, -0.25) is 4.55 Å². The SMILES string of the molecule is O=C(NCC12CC3CC(CC(C3)C1)C2)Nc1ccc(S(=O)(=O)O)cc1. The van der Waals surface area contributed by atoms with Crippen molar-refractivity contribution in [1.29, 1.82) is 0 Å². The molecule has 4 aliphatic carbocycles. The van der Waals surface area contributed by atoms with Gasteiger partial charge in [0.15, 0.2) is 0 Å². The Morgan fingerprint density at radius 2 is 1.56 bits per heavy atom. The number of rotatable bonds is 4. The van der Waals surface area contributed by atoms with E-state index in [1.807, 2.05) is 0 Å². The largest absolute Gasteiger partial charge is 0.337 e. The minimum Gasteiger partial charge on any atom is -0.337 e. The fourth-order valence-corrected chi connectivity index (χ4v) is 6.14. The van der Waals surface area contributed by atoms with Crippen LogP contribution in [0.5, 0.6) is 0 Å². The molecule has 0 radical (unpaired) electrons. The molecule has 4 fully saturated rings. The monoisotopic (exact) mass is 364 g/mol. The lowest BCUT2D eigenvalue weighted by Crippen LogP contribution is -2.51. The first-order valence-electron chi connectivity index (χ1n) is 8.94. The minimum atomic E-state index is -4.21. The van der Waals surface area contributed by atoms with Crippen molar-refractivity contribution < 1.29 is 17.8 Å². The van der Waals surface area contributed by atoms with Crippen LogP contribution in [0.25, 0.3) is 0 Å². The molecule has 136 valence electrons. The van der Waals surface area contributed by atoms with Crippen molar-refractivity contribution in [2.24, 2.45) is 23.2 Å². The Kier molecular flexibility index (Phi) is 4.03. The lowest BCUT2D eigenvalue weighted by Gasteiger charge is -2.56. The van der Waals surface area contributed by atoms with Gasteiger partial charge in [-0.2, -0.15) is 8.42 Å². The summed E-state index contributed by atoms with van der Waals surface area (Å²) in [6.45, 7) is 0.714. The van der Waals surface area contributed by atoms with Crippen LogP contribution in [0.2, 0.25) is 0 Å². The molecule has 3 N–H and O–H groups in total. The fourth-order valence-electron chi connectivity index (χ4n) is 5.66. The summed E-state index contributed by atoms with van der Waals surface area (Å²) < 4.78 is 31.0. The highest BCUT2D eigenvalue weighted by Gasteiger charge is 2.50. The number of benzene rings is 1. The Morgan fingerprint density at radius 1 is 1.04 bits per heavy atom. The van der Waals surface area contributed by atoms with Gasteiger partial charge < -0.3 is 10.6 Å². The van der Waals surface area contributed by atoms with Crippen LogP contribution in [0.15, 0.2) is 29.2 Å². The average molecular weight is 364 g/mol. The number of amides is 2. The number of carbonyl (C=O) groups is 1. The molecule has 25 heavy (non-hydrogen) atoms. The second kappa shape index (κ2) is 5.99. The predicted molar refractivity (Wildman–Crippen MR) is 93.9 cm³/mol. The van der Waals surface area contributed by atoms with Crippen molar-refractivity contribution in [2.45, 2.75) is 43.4 Å². The molecule has 0 aliphatic heterocycles. The lowest BCUT2D eigenvalue weighted by molar-refractivity contribution is -0.0496. The molecule has 7 heteroatoms. The first kappa shape index (κ1) is 16.8. The molecule has 5 rings (SSSR count).